The van der Waals surface area contributed by atoms with Gasteiger partial charge in [-0.3, -0.25) is 4.79 Å². The number of carbonyl (C=O) groups excluding carboxylic acids is 1. The lowest BCUT2D eigenvalue weighted by atomic mass is 9.86. The molecule has 0 saturated heterocycles. The zero-order valence-corrected chi connectivity index (χ0v) is 10.5. The van der Waals surface area contributed by atoms with Crippen LogP contribution in [-0.4, -0.2) is 19.1 Å². The number of ether oxygens (including phenoxy) is 1. The van der Waals surface area contributed by atoms with Gasteiger partial charge in [0.05, 0.1) is 13.0 Å². The molecule has 0 aromatic heterocycles. The van der Waals surface area contributed by atoms with E-state index in [2.05, 4.69) is 5.32 Å². The highest BCUT2D eigenvalue weighted by Gasteiger charge is 2.26. The van der Waals surface area contributed by atoms with E-state index in [1.165, 1.54) is 19.2 Å². The molecule has 1 saturated carbocycles. The Balaban J connectivity index is 1.85. The second-order valence-corrected chi connectivity index (χ2v) is 4.73. The second kappa shape index (κ2) is 5.85. The van der Waals surface area contributed by atoms with E-state index in [1.807, 2.05) is 6.07 Å². The summed E-state index contributed by atoms with van der Waals surface area (Å²) in [5.41, 5.74) is 0.802. The van der Waals surface area contributed by atoms with E-state index in [9.17, 15) is 9.18 Å². The van der Waals surface area contributed by atoms with Crippen molar-refractivity contribution >= 4 is 11.7 Å². The lowest BCUT2D eigenvalue weighted by Gasteiger charge is -2.28. The summed E-state index contributed by atoms with van der Waals surface area (Å²) in [6.07, 6.45) is 3.49. The van der Waals surface area contributed by atoms with E-state index >= 15 is 0 Å². The van der Waals surface area contributed by atoms with E-state index in [4.69, 9.17) is 4.74 Å². The van der Waals surface area contributed by atoms with Crippen LogP contribution in [0.5, 0.6) is 0 Å². The quantitative estimate of drug-likeness (QED) is 0.839. The maximum absolute atomic E-state index is 13.0. The van der Waals surface area contributed by atoms with Crippen LogP contribution in [0.2, 0.25) is 0 Å². The van der Waals surface area contributed by atoms with Crippen molar-refractivity contribution in [1.82, 2.24) is 0 Å². The van der Waals surface area contributed by atoms with Gasteiger partial charge in [-0.25, -0.2) is 4.39 Å². The van der Waals surface area contributed by atoms with Crippen molar-refractivity contribution in [3.63, 3.8) is 0 Å². The Kier molecular flexibility index (Phi) is 4.18. The van der Waals surface area contributed by atoms with Crippen LogP contribution in [0.3, 0.4) is 0 Å². The number of rotatable bonds is 3. The number of methoxy groups -OCH3 is 1. The summed E-state index contributed by atoms with van der Waals surface area (Å²) >= 11 is 0. The number of hydrogen-bond acceptors (Lipinski definition) is 3. The van der Waals surface area contributed by atoms with Crippen LogP contribution in [0.15, 0.2) is 24.3 Å². The molecule has 4 heteroatoms. The average molecular weight is 251 g/mol. The fourth-order valence-corrected chi connectivity index (χ4v) is 2.45. The van der Waals surface area contributed by atoms with Crippen molar-refractivity contribution in [1.29, 1.82) is 0 Å². The third-order valence-corrected chi connectivity index (χ3v) is 3.46. The molecule has 2 rings (SSSR count). The van der Waals surface area contributed by atoms with Crippen molar-refractivity contribution in [3.05, 3.63) is 30.1 Å². The summed E-state index contributed by atoms with van der Waals surface area (Å²) in [6.45, 7) is 0. The Morgan fingerprint density at radius 1 is 1.33 bits per heavy atom. The molecule has 0 spiro atoms. The van der Waals surface area contributed by atoms with Gasteiger partial charge >= 0.3 is 5.97 Å². The third kappa shape index (κ3) is 3.22. The number of anilines is 1. The van der Waals surface area contributed by atoms with Crippen LogP contribution in [0, 0.1) is 11.7 Å². The monoisotopic (exact) mass is 251 g/mol. The molecule has 0 amide bonds. The molecule has 1 fully saturated rings. The molecule has 0 radical (unpaired) electrons. The zero-order chi connectivity index (χ0) is 13.0. The molecule has 0 aliphatic heterocycles. The van der Waals surface area contributed by atoms with Crippen LogP contribution < -0.4 is 5.32 Å². The lowest BCUT2D eigenvalue weighted by molar-refractivity contribution is -0.146. The van der Waals surface area contributed by atoms with Crippen molar-refractivity contribution < 1.29 is 13.9 Å². The molecule has 1 N–H and O–H groups in total. The van der Waals surface area contributed by atoms with E-state index < -0.39 is 0 Å². The van der Waals surface area contributed by atoms with E-state index in [0.717, 1.165) is 31.4 Å². The average Bonchev–Trinajstić information content (AvgIpc) is 2.39. The highest BCUT2D eigenvalue weighted by atomic mass is 19.1. The first kappa shape index (κ1) is 12.9. The van der Waals surface area contributed by atoms with Crippen LogP contribution in [0.4, 0.5) is 10.1 Å². The molecule has 18 heavy (non-hydrogen) atoms. The Labute approximate surface area is 106 Å². The summed E-state index contributed by atoms with van der Waals surface area (Å²) in [5.74, 6) is -0.317. The van der Waals surface area contributed by atoms with Gasteiger partial charge in [0.2, 0.25) is 0 Å². The number of hydrogen-bond donors (Lipinski definition) is 1. The fourth-order valence-electron chi connectivity index (χ4n) is 2.45. The molecule has 1 aliphatic rings. The molecule has 1 aromatic rings. The minimum atomic E-state index is -0.233. The van der Waals surface area contributed by atoms with Gasteiger partial charge in [-0.2, -0.15) is 0 Å². The molecule has 1 aliphatic carbocycles. The Morgan fingerprint density at radius 2 is 2.06 bits per heavy atom. The predicted octanol–water partition coefficient (Wildman–Crippen LogP) is 2.97. The van der Waals surface area contributed by atoms with Crippen LogP contribution in [-0.2, 0) is 9.53 Å². The van der Waals surface area contributed by atoms with E-state index in [-0.39, 0.29) is 17.7 Å². The maximum Gasteiger partial charge on any atom is 0.308 e. The standard InChI is InChI=1S/C14H18FNO2/c1-18-14(17)10-5-7-12(8-6-10)16-13-4-2-3-11(15)9-13/h2-4,9-10,12,16H,5-8H2,1H3. The first-order valence-corrected chi connectivity index (χ1v) is 6.29. The highest BCUT2D eigenvalue weighted by Crippen LogP contribution is 2.27. The number of esters is 1. The first-order chi connectivity index (χ1) is 8.69. The minimum Gasteiger partial charge on any atom is -0.469 e. The molecular formula is C14H18FNO2. The predicted molar refractivity (Wildman–Crippen MR) is 67.8 cm³/mol. The smallest absolute Gasteiger partial charge is 0.308 e. The molecule has 0 atom stereocenters. The zero-order valence-electron chi connectivity index (χ0n) is 10.5. The molecule has 98 valence electrons. The normalized spacial score (nSPS) is 23.4. The largest absolute Gasteiger partial charge is 0.469 e. The molecule has 0 bridgehead atoms. The summed E-state index contributed by atoms with van der Waals surface area (Å²) in [6, 6.07) is 6.78. The van der Waals surface area contributed by atoms with E-state index in [0.29, 0.717) is 6.04 Å². The molecular weight excluding hydrogens is 233 g/mol. The molecule has 1 aromatic carbocycles. The summed E-state index contributed by atoms with van der Waals surface area (Å²) < 4.78 is 17.8. The van der Waals surface area contributed by atoms with Crippen LogP contribution in [0.1, 0.15) is 25.7 Å². The van der Waals surface area contributed by atoms with Gasteiger partial charge in [0.15, 0.2) is 0 Å². The Bertz CT molecular complexity index is 414. The topological polar surface area (TPSA) is 38.3 Å². The second-order valence-electron chi connectivity index (χ2n) is 4.73. The maximum atomic E-state index is 13.0. The Morgan fingerprint density at radius 3 is 2.67 bits per heavy atom. The van der Waals surface area contributed by atoms with Crippen LogP contribution in [0.25, 0.3) is 0 Å². The molecule has 0 heterocycles. The van der Waals surface area contributed by atoms with Gasteiger partial charge < -0.3 is 10.1 Å². The lowest BCUT2D eigenvalue weighted by Crippen LogP contribution is -2.29. The molecule has 0 unspecified atom stereocenters. The van der Waals surface area contributed by atoms with Gasteiger partial charge in [-0.1, -0.05) is 6.07 Å². The van der Waals surface area contributed by atoms with Crippen molar-refractivity contribution in [2.75, 3.05) is 12.4 Å². The van der Waals surface area contributed by atoms with Crippen molar-refractivity contribution in [2.24, 2.45) is 5.92 Å². The van der Waals surface area contributed by atoms with Crippen LogP contribution >= 0.6 is 0 Å². The number of benzene rings is 1. The van der Waals surface area contributed by atoms with Gasteiger partial charge in [-0.05, 0) is 43.9 Å². The van der Waals surface area contributed by atoms with Gasteiger partial charge in [0.25, 0.3) is 0 Å². The van der Waals surface area contributed by atoms with Gasteiger partial charge in [0, 0.05) is 11.7 Å². The molecule has 3 nitrogen and oxygen atoms in total. The highest BCUT2D eigenvalue weighted by molar-refractivity contribution is 5.72. The van der Waals surface area contributed by atoms with E-state index in [1.54, 1.807) is 6.07 Å². The summed E-state index contributed by atoms with van der Waals surface area (Å²) in [5, 5.41) is 3.31. The number of halogens is 1. The SMILES string of the molecule is COC(=O)C1CCC(Nc2cccc(F)c2)CC1. The van der Waals surface area contributed by atoms with Gasteiger partial charge in [0.1, 0.15) is 5.82 Å². The minimum absolute atomic E-state index is 0.0283. The van der Waals surface area contributed by atoms with Gasteiger partial charge in [-0.15, -0.1) is 0 Å². The first-order valence-electron chi connectivity index (χ1n) is 6.29. The Hall–Kier alpha value is -1.58. The van der Waals surface area contributed by atoms with Crippen molar-refractivity contribution in [2.45, 2.75) is 31.7 Å². The van der Waals surface area contributed by atoms with Crippen molar-refractivity contribution in [3.8, 4) is 0 Å². The summed E-state index contributed by atoms with van der Waals surface area (Å²) in [4.78, 5) is 11.4. The summed E-state index contributed by atoms with van der Waals surface area (Å²) in [7, 11) is 1.43. The number of carbonyl (C=O) groups is 1. The number of nitrogens with one attached hydrogen (secondary N) is 1. The third-order valence-electron chi connectivity index (χ3n) is 3.46. The fraction of sp³-hybridized carbons (Fsp3) is 0.500.